The number of ether oxygens (including phenoxy) is 1. The van der Waals surface area contributed by atoms with Crippen molar-refractivity contribution in [3.8, 4) is 0 Å². The van der Waals surface area contributed by atoms with E-state index >= 15 is 0 Å². The zero-order chi connectivity index (χ0) is 19.3. The summed E-state index contributed by atoms with van der Waals surface area (Å²) in [6.07, 6.45) is 7.25. The van der Waals surface area contributed by atoms with Gasteiger partial charge in [0.1, 0.15) is 0 Å². The molecule has 0 spiro atoms. The van der Waals surface area contributed by atoms with Gasteiger partial charge in [0.2, 0.25) is 0 Å². The highest BCUT2D eigenvalue weighted by Gasteiger charge is 2.26. The van der Waals surface area contributed by atoms with Gasteiger partial charge >= 0.3 is 0 Å². The van der Waals surface area contributed by atoms with Crippen molar-refractivity contribution in [1.82, 2.24) is 9.55 Å². The van der Waals surface area contributed by atoms with Crippen molar-refractivity contribution in [2.24, 2.45) is 0 Å². The van der Waals surface area contributed by atoms with E-state index < -0.39 is 0 Å². The fraction of sp³-hybridized carbons (Fsp3) is 0.286. The lowest BCUT2D eigenvalue weighted by atomic mass is 9.96. The van der Waals surface area contributed by atoms with E-state index in [1.807, 2.05) is 35.0 Å². The van der Waals surface area contributed by atoms with Crippen molar-refractivity contribution in [2.45, 2.75) is 38.5 Å². The highest BCUT2D eigenvalue weighted by Crippen LogP contribution is 2.27. The Morgan fingerprint density at radius 1 is 1.04 bits per heavy atom. The van der Waals surface area contributed by atoms with E-state index in [9.17, 15) is 0 Å². The average molecular weight is 424 g/mol. The number of aromatic nitrogens is 2. The number of hydrogen-bond donors (Lipinski definition) is 0. The van der Waals surface area contributed by atoms with Gasteiger partial charge in [0.25, 0.3) is 0 Å². The third-order valence-corrected chi connectivity index (χ3v) is 5.36. The number of imidazole rings is 1. The second-order valence-corrected chi connectivity index (χ2v) is 8.12. The van der Waals surface area contributed by atoms with Gasteiger partial charge in [0, 0.05) is 27.5 Å². The number of aryl methyl sites for hydroxylation is 1. The Kier molecular flexibility index (Phi) is 6.83. The van der Waals surface area contributed by atoms with Crippen LogP contribution < -0.4 is 0 Å². The number of halogens is 3. The third-order valence-electron chi connectivity index (χ3n) is 4.52. The first-order valence-corrected chi connectivity index (χ1v) is 9.85. The minimum atomic E-state index is -0.386. The van der Waals surface area contributed by atoms with Crippen LogP contribution in [0.4, 0.5) is 0 Å². The second kappa shape index (κ2) is 9.11. The van der Waals surface area contributed by atoms with Crippen LogP contribution in [0.15, 0.2) is 61.2 Å². The van der Waals surface area contributed by atoms with Gasteiger partial charge in [0.05, 0.1) is 25.1 Å². The molecule has 142 valence electrons. The molecule has 3 rings (SSSR count). The molecule has 3 nitrogen and oxygen atoms in total. The molecule has 0 amide bonds. The van der Waals surface area contributed by atoms with Gasteiger partial charge in [-0.3, -0.25) is 0 Å². The minimum Gasteiger partial charge on any atom is -0.369 e. The molecule has 0 fully saturated rings. The molecule has 0 saturated heterocycles. The predicted octanol–water partition coefficient (Wildman–Crippen LogP) is 6.45. The maximum Gasteiger partial charge on any atom is 0.0946 e. The standard InChI is InChI=1S/C21H21Cl3N2O/c1-21(14-26-11-10-25-15-26,9-8-16-2-5-18(22)6-3-16)27-13-17-4-7-19(23)12-20(17)24/h2-7,10-12,15H,8-9,13-14H2,1H3. The first kappa shape index (κ1) is 20.2. The van der Waals surface area contributed by atoms with E-state index in [-0.39, 0.29) is 5.60 Å². The monoisotopic (exact) mass is 422 g/mol. The van der Waals surface area contributed by atoms with Crippen LogP contribution in [-0.4, -0.2) is 15.2 Å². The first-order chi connectivity index (χ1) is 12.9. The molecule has 0 aliphatic carbocycles. The average Bonchev–Trinajstić information content (AvgIpc) is 3.13. The SMILES string of the molecule is CC(CCc1ccc(Cl)cc1)(Cn1ccnc1)OCc1ccc(Cl)cc1Cl. The summed E-state index contributed by atoms with van der Waals surface area (Å²) in [6, 6.07) is 13.4. The van der Waals surface area contributed by atoms with Gasteiger partial charge in [-0.05, 0) is 55.2 Å². The normalized spacial score (nSPS) is 13.5. The summed E-state index contributed by atoms with van der Waals surface area (Å²) < 4.78 is 8.39. The fourth-order valence-electron chi connectivity index (χ4n) is 2.91. The Balaban J connectivity index is 1.71. The van der Waals surface area contributed by atoms with Crippen LogP contribution in [0.5, 0.6) is 0 Å². The van der Waals surface area contributed by atoms with E-state index in [4.69, 9.17) is 39.5 Å². The van der Waals surface area contributed by atoms with Gasteiger partial charge in [-0.15, -0.1) is 0 Å². The van der Waals surface area contributed by atoms with E-state index in [0.29, 0.717) is 23.2 Å². The molecular formula is C21H21Cl3N2O. The third kappa shape index (κ3) is 5.98. The van der Waals surface area contributed by atoms with Gasteiger partial charge in [-0.1, -0.05) is 53.0 Å². The summed E-state index contributed by atoms with van der Waals surface area (Å²) in [5, 5.41) is 1.98. The van der Waals surface area contributed by atoms with Crippen molar-refractivity contribution in [2.75, 3.05) is 0 Å². The number of benzene rings is 2. The molecule has 1 heterocycles. The van der Waals surface area contributed by atoms with Crippen molar-refractivity contribution >= 4 is 34.8 Å². The second-order valence-electron chi connectivity index (χ2n) is 6.84. The molecule has 0 radical (unpaired) electrons. The van der Waals surface area contributed by atoms with E-state index in [1.54, 1.807) is 18.6 Å². The van der Waals surface area contributed by atoms with Crippen LogP contribution in [0.3, 0.4) is 0 Å². The maximum atomic E-state index is 6.35. The lowest BCUT2D eigenvalue weighted by molar-refractivity contribution is -0.0602. The summed E-state index contributed by atoms with van der Waals surface area (Å²) in [6.45, 7) is 3.24. The van der Waals surface area contributed by atoms with Crippen LogP contribution in [0.1, 0.15) is 24.5 Å². The maximum absolute atomic E-state index is 6.35. The van der Waals surface area contributed by atoms with Crippen molar-refractivity contribution in [1.29, 1.82) is 0 Å². The van der Waals surface area contributed by atoms with Crippen LogP contribution in [0.25, 0.3) is 0 Å². The largest absolute Gasteiger partial charge is 0.369 e. The molecule has 0 bridgehead atoms. The molecule has 1 unspecified atom stereocenters. The molecule has 27 heavy (non-hydrogen) atoms. The summed E-state index contributed by atoms with van der Waals surface area (Å²) in [5.41, 5.74) is 1.76. The Morgan fingerprint density at radius 2 is 1.78 bits per heavy atom. The Hall–Kier alpha value is -1.52. The van der Waals surface area contributed by atoms with E-state index in [1.165, 1.54) is 5.56 Å². The quantitative estimate of drug-likeness (QED) is 0.416. The summed E-state index contributed by atoms with van der Waals surface area (Å²) in [5.74, 6) is 0. The zero-order valence-electron chi connectivity index (χ0n) is 15.0. The molecule has 6 heteroatoms. The van der Waals surface area contributed by atoms with Gasteiger partial charge in [0.15, 0.2) is 0 Å². The molecule has 2 aromatic carbocycles. The predicted molar refractivity (Wildman–Crippen MR) is 112 cm³/mol. The Labute approximate surface area is 174 Å². The van der Waals surface area contributed by atoms with Crippen LogP contribution in [0.2, 0.25) is 15.1 Å². The highest BCUT2D eigenvalue weighted by molar-refractivity contribution is 6.35. The van der Waals surface area contributed by atoms with E-state index in [2.05, 4.69) is 24.0 Å². The lowest BCUT2D eigenvalue weighted by Gasteiger charge is -2.31. The van der Waals surface area contributed by atoms with Crippen molar-refractivity contribution < 1.29 is 4.74 Å². The Morgan fingerprint density at radius 3 is 2.44 bits per heavy atom. The molecule has 3 aromatic rings. The van der Waals surface area contributed by atoms with E-state index in [0.717, 1.165) is 23.4 Å². The van der Waals surface area contributed by atoms with Gasteiger partial charge < -0.3 is 9.30 Å². The molecule has 0 N–H and O–H groups in total. The topological polar surface area (TPSA) is 27.1 Å². The minimum absolute atomic E-state index is 0.386. The van der Waals surface area contributed by atoms with Crippen molar-refractivity contribution in [3.05, 3.63) is 87.4 Å². The molecule has 0 saturated carbocycles. The first-order valence-electron chi connectivity index (χ1n) is 8.72. The molecule has 0 aliphatic heterocycles. The fourth-order valence-corrected chi connectivity index (χ4v) is 3.50. The Bertz CT molecular complexity index is 866. The lowest BCUT2D eigenvalue weighted by Crippen LogP contribution is -2.34. The molecule has 1 atom stereocenters. The molecule has 1 aromatic heterocycles. The molecular weight excluding hydrogens is 403 g/mol. The smallest absolute Gasteiger partial charge is 0.0946 e. The van der Waals surface area contributed by atoms with Crippen molar-refractivity contribution in [3.63, 3.8) is 0 Å². The van der Waals surface area contributed by atoms with Crippen LogP contribution in [-0.2, 0) is 24.3 Å². The number of rotatable bonds is 8. The van der Waals surface area contributed by atoms with Gasteiger partial charge in [-0.25, -0.2) is 4.98 Å². The zero-order valence-corrected chi connectivity index (χ0v) is 17.3. The number of hydrogen-bond acceptors (Lipinski definition) is 2. The van der Waals surface area contributed by atoms with Crippen LogP contribution in [0, 0.1) is 0 Å². The molecule has 0 aliphatic rings. The summed E-state index contributed by atoms with van der Waals surface area (Å²) in [7, 11) is 0. The summed E-state index contributed by atoms with van der Waals surface area (Å²) >= 11 is 18.3. The number of nitrogens with zero attached hydrogens (tertiary/aromatic N) is 2. The highest BCUT2D eigenvalue weighted by atomic mass is 35.5. The summed E-state index contributed by atoms with van der Waals surface area (Å²) in [4.78, 5) is 4.13. The van der Waals surface area contributed by atoms with Gasteiger partial charge in [-0.2, -0.15) is 0 Å². The van der Waals surface area contributed by atoms with Crippen LogP contribution >= 0.6 is 34.8 Å².